The number of nitrogens with one attached hydrogen (secondary N) is 2. The van der Waals surface area contributed by atoms with E-state index >= 15 is 0 Å². The van der Waals surface area contributed by atoms with Crippen molar-refractivity contribution in [3.05, 3.63) is 0 Å². The largest absolute Gasteiger partial charge is 0.363 e. The summed E-state index contributed by atoms with van der Waals surface area (Å²) >= 11 is 1.86. The van der Waals surface area contributed by atoms with E-state index in [1.54, 1.807) is 0 Å². The Kier molecular flexibility index (Phi) is 3.49. The summed E-state index contributed by atoms with van der Waals surface area (Å²) in [6.07, 6.45) is 3.87. The summed E-state index contributed by atoms with van der Waals surface area (Å²) in [7, 11) is 0. The molecule has 1 unspecified atom stereocenters. The molecule has 74 valence electrons. The zero-order valence-electron chi connectivity index (χ0n) is 7.88. The molecule has 0 aromatic heterocycles. The Balaban J connectivity index is 1.68. The molecule has 0 spiro atoms. The van der Waals surface area contributed by atoms with Crippen LogP contribution in [0.1, 0.15) is 19.3 Å². The lowest BCUT2D eigenvalue weighted by molar-refractivity contribution is 0.590. The van der Waals surface area contributed by atoms with Gasteiger partial charge in [0.05, 0.1) is 0 Å². The van der Waals surface area contributed by atoms with E-state index in [0.717, 1.165) is 18.3 Å². The average Bonchev–Trinajstić information content (AvgIpc) is 2.69. The Morgan fingerprint density at radius 2 is 2.54 bits per heavy atom. The predicted octanol–water partition coefficient (Wildman–Crippen LogP) is 0.821. The predicted molar refractivity (Wildman–Crippen MR) is 58.4 cm³/mol. The van der Waals surface area contributed by atoms with Crippen LogP contribution in [0.15, 0.2) is 4.99 Å². The molecule has 0 bridgehead atoms. The Labute approximate surface area is 83.8 Å². The average molecular weight is 199 g/mol. The molecular formula is C9H17N3S. The lowest BCUT2D eigenvalue weighted by Gasteiger charge is -2.16. The van der Waals surface area contributed by atoms with Crippen LogP contribution >= 0.6 is 11.8 Å². The summed E-state index contributed by atoms with van der Waals surface area (Å²) < 4.78 is 0. The van der Waals surface area contributed by atoms with Gasteiger partial charge in [-0.2, -0.15) is 0 Å². The van der Waals surface area contributed by atoms with Crippen molar-refractivity contribution in [2.45, 2.75) is 25.3 Å². The molecule has 2 aliphatic rings. The van der Waals surface area contributed by atoms with Crippen LogP contribution in [0.2, 0.25) is 0 Å². The van der Waals surface area contributed by atoms with Gasteiger partial charge in [0.15, 0.2) is 5.17 Å². The summed E-state index contributed by atoms with van der Waals surface area (Å²) in [6, 6.07) is 0.672. The summed E-state index contributed by atoms with van der Waals surface area (Å²) in [4.78, 5) is 4.43. The van der Waals surface area contributed by atoms with Crippen LogP contribution in [0.25, 0.3) is 0 Å². The van der Waals surface area contributed by atoms with Crippen LogP contribution in [-0.2, 0) is 0 Å². The van der Waals surface area contributed by atoms with Crippen LogP contribution in [0.4, 0.5) is 0 Å². The maximum absolute atomic E-state index is 4.43. The van der Waals surface area contributed by atoms with E-state index in [0.29, 0.717) is 6.04 Å². The lowest BCUT2D eigenvalue weighted by Crippen LogP contribution is -2.36. The highest BCUT2D eigenvalue weighted by atomic mass is 32.2. The van der Waals surface area contributed by atoms with Gasteiger partial charge in [-0.15, -0.1) is 0 Å². The number of nitrogens with zero attached hydrogens (tertiary/aromatic N) is 1. The minimum absolute atomic E-state index is 0.672. The third kappa shape index (κ3) is 2.88. The summed E-state index contributed by atoms with van der Waals surface area (Å²) in [5.74, 6) is 1.23. The quantitative estimate of drug-likeness (QED) is 0.691. The van der Waals surface area contributed by atoms with Gasteiger partial charge in [-0.05, 0) is 25.8 Å². The lowest BCUT2D eigenvalue weighted by atomic mass is 10.2. The minimum atomic E-state index is 0.672. The van der Waals surface area contributed by atoms with Gasteiger partial charge in [-0.25, -0.2) is 0 Å². The van der Waals surface area contributed by atoms with Crippen molar-refractivity contribution in [1.82, 2.24) is 10.6 Å². The molecule has 0 aromatic carbocycles. The van der Waals surface area contributed by atoms with Crippen LogP contribution < -0.4 is 10.6 Å². The van der Waals surface area contributed by atoms with E-state index in [1.165, 1.54) is 31.6 Å². The first-order chi connectivity index (χ1) is 6.45. The molecule has 2 aliphatic heterocycles. The molecule has 2 N–H and O–H groups in total. The smallest absolute Gasteiger partial charge is 0.156 e. The van der Waals surface area contributed by atoms with E-state index in [1.807, 2.05) is 11.8 Å². The van der Waals surface area contributed by atoms with E-state index in [-0.39, 0.29) is 0 Å². The highest BCUT2D eigenvalue weighted by molar-refractivity contribution is 8.13. The maximum atomic E-state index is 4.43. The Morgan fingerprint density at radius 3 is 3.23 bits per heavy atom. The standard InChI is InChI=1S/C9H17N3S/c1-3-8(10-4-1)7-12-9-11-5-2-6-13-9/h8,10H,1-7H2,(H,11,12). The van der Waals surface area contributed by atoms with Crippen LogP contribution in [0.5, 0.6) is 0 Å². The van der Waals surface area contributed by atoms with Crippen molar-refractivity contribution in [1.29, 1.82) is 0 Å². The SMILES string of the molecule is C1CN=C(NCC2CCCN2)SC1. The fourth-order valence-electron chi connectivity index (χ4n) is 1.71. The van der Waals surface area contributed by atoms with Gasteiger partial charge < -0.3 is 10.6 Å². The van der Waals surface area contributed by atoms with Gasteiger partial charge in [0, 0.05) is 24.9 Å². The van der Waals surface area contributed by atoms with Gasteiger partial charge >= 0.3 is 0 Å². The molecule has 1 saturated heterocycles. The topological polar surface area (TPSA) is 36.4 Å². The summed E-state index contributed by atoms with van der Waals surface area (Å²) in [6.45, 7) is 3.24. The maximum Gasteiger partial charge on any atom is 0.156 e. The van der Waals surface area contributed by atoms with Crippen LogP contribution in [0.3, 0.4) is 0 Å². The minimum Gasteiger partial charge on any atom is -0.363 e. The summed E-state index contributed by atoms with van der Waals surface area (Å²) in [5, 5.41) is 8.04. The second-order valence-corrected chi connectivity index (χ2v) is 4.65. The number of hydrogen-bond acceptors (Lipinski definition) is 4. The third-order valence-electron chi connectivity index (χ3n) is 2.46. The Morgan fingerprint density at radius 1 is 1.54 bits per heavy atom. The van der Waals surface area contributed by atoms with Gasteiger partial charge in [-0.3, -0.25) is 4.99 Å². The van der Waals surface area contributed by atoms with Crippen molar-refractivity contribution in [2.24, 2.45) is 4.99 Å². The molecule has 4 heteroatoms. The first kappa shape index (κ1) is 9.34. The molecule has 2 heterocycles. The number of amidine groups is 1. The highest BCUT2D eigenvalue weighted by Gasteiger charge is 2.14. The molecule has 1 atom stereocenters. The summed E-state index contributed by atoms with van der Waals surface area (Å²) in [5.41, 5.74) is 0. The number of rotatable bonds is 2. The van der Waals surface area contributed by atoms with E-state index < -0.39 is 0 Å². The second kappa shape index (κ2) is 4.86. The molecule has 13 heavy (non-hydrogen) atoms. The third-order valence-corrected chi connectivity index (χ3v) is 3.50. The monoisotopic (exact) mass is 199 g/mol. The van der Waals surface area contributed by atoms with Crippen molar-refractivity contribution < 1.29 is 0 Å². The molecule has 1 fully saturated rings. The van der Waals surface area contributed by atoms with Crippen molar-refractivity contribution >= 4 is 16.9 Å². The van der Waals surface area contributed by atoms with Crippen molar-refractivity contribution in [3.63, 3.8) is 0 Å². The van der Waals surface area contributed by atoms with Crippen LogP contribution in [0, 0.1) is 0 Å². The molecular weight excluding hydrogens is 182 g/mol. The molecule has 0 aliphatic carbocycles. The van der Waals surface area contributed by atoms with Crippen LogP contribution in [-0.4, -0.2) is 36.6 Å². The fourth-order valence-corrected chi connectivity index (χ4v) is 2.54. The molecule has 3 nitrogen and oxygen atoms in total. The Hall–Kier alpha value is -0.220. The normalized spacial score (nSPS) is 28.6. The van der Waals surface area contributed by atoms with E-state index in [9.17, 15) is 0 Å². The number of aliphatic imine (C=N–C) groups is 1. The van der Waals surface area contributed by atoms with Gasteiger partial charge in [0.25, 0.3) is 0 Å². The zero-order valence-corrected chi connectivity index (χ0v) is 8.70. The van der Waals surface area contributed by atoms with Gasteiger partial charge in [0.2, 0.25) is 0 Å². The first-order valence-corrected chi connectivity index (χ1v) is 6.08. The molecule has 0 radical (unpaired) electrons. The zero-order chi connectivity index (χ0) is 8.93. The first-order valence-electron chi connectivity index (χ1n) is 5.09. The molecule has 0 saturated carbocycles. The number of thioether (sulfide) groups is 1. The van der Waals surface area contributed by atoms with E-state index in [2.05, 4.69) is 15.6 Å². The second-order valence-electron chi connectivity index (χ2n) is 3.56. The van der Waals surface area contributed by atoms with Crippen molar-refractivity contribution in [3.8, 4) is 0 Å². The number of hydrogen-bond donors (Lipinski definition) is 2. The Bertz CT molecular complexity index is 187. The fraction of sp³-hybridized carbons (Fsp3) is 0.889. The molecule has 0 aromatic rings. The van der Waals surface area contributed by atoms with Crippen molar-refractivity contribution in [2.75, 3.05) is 25.4 Å². The van der Waals surface area contributed by atoms with E-state index in [4.69, 9.17) is 0 Å². The van der Waals surface area contributed by atoms with Gasteiger partial charge in [-0.1, -0.05) is 11.8 Å². The highest BCUT2D eigenvalue weighted by Crippen LogP contribution is 2.10. The van der Waals surface area contributed by atoms with Gasteiger partial charge in [0.1, 0.15) is 0 Å². The molecule has 0 amide bonds. The molecule has 2 rings (SSSR count).